The summed E-state index contributed by atoms with van der Waals surface area (Å²) in [5.41, 5.74) is -0.0417. The Labute approximate surface area is 69.8 Å². The number of nitrogens with zero attached hydrogens (tertiary/aromatic N) is 1. The minimum atomic E-state index is -1.34. The van der Waals surface area contributed by atoms with Gasteiger partial charge in [-0.25, -0.2) is 0 Å². The van der Waals surface area contributed by atoms with Gasteiger partial charge in [-0.15, -0.1) is 0 Å². The van der Waals surface area contributed by atoms with Crippen molar-refractivity contribution in [1.29, 1.82) is 5.26 Å². The first-order valence-corrected chi connectivity index (χ1v) is 5.03. The molecule has 0 amide bonds. The van der Waals surface area contributed by atoms with Crippen LogP contribution >= 0.6 is 0 Å². The van der Waals surface area contributed by atoms with Crippen LogP contribution in [-0.4, -0.2) is 23.5 Å². The summed E-state index contributed by atoms with van der Waals surface area (Å²) >= 11 is 0. The Morgan fingerprint density at radius 2 is 2.00 bits per heavy atom. The summed E-state index contributed by atoms with van der Waals surface area (Å²) in [4.78, 5) is 0. The minimum absolute atomic E-state index is 0.0417. The van der Waals surface area contributed by atoms with Crippen LogP contribution in [0.4, 0.5) is 0 Å². The lowest BCUT2D eigenvalue weighted by Crippen LogP contribution is -2.25. The van der Waals surface area contributed by atoms with Gasteiger partial charge in [0.1, 0.15) is 0 Å². The summed E-state index contributed by atoms with van der Waals surface area (Å²) in [5.74, 6) is 0. The van der Waals surface area contributed by atoms with Crippen molar-refractivity contribution in [2.45, 2.75) is 25.3 Å². The average molecular weight is 172 g/mol. The molecule has 0 aromatic carbocycles. The fourth-order valence-corrected chi connectivity index (χ4v) is 2.26. The maximum atomic E-state index is 8.71. The molecule has 0 aliphatic carbocycles. The van der Waals surface area contributed by atoms with Gasteiger partial charge in [-0.1, -0.05) is 13.3 Å². The van der Waals surface area contributed by atoms with E-state index in [1.54, 1.807) is 14.2 Å². The van der Waals surface area contributed by atoms with Crippen molar-refractivity contribution in [1.82, 2.24) is 0 Å². The number of hydrogen-bond donors (Lipinski definition) is 0. The molecule has 0 bridgehead atoms. The van der Waals surface area contributed by atoms with Crippen molar-refractivity contribution in [3.05, 3.63) is 0 Å². The van der Waals surface area contributed by atoms with Crippen molar-refractivity contribution in [3.63, 3.8) is 0 Å². The molecule has 0 aromatic rings. The molecule has 0 aliphatic heterocycles. The van der Waals surface area contributed by atoms with E-state index in [0.717, 1.165) is 12.8 Å². The van der Waals surface area contributed by atoms with Gasteiger partial charge in [-0.2, -0.15) is 5.26 Å². The molecular weight excluding hydrogens is 158 g/mol. The predicted octanol–water partition coefficient (Wildman–Crippen LogP) is 1.46. The van der Waals surface area contributed by atoms with Gasteiger partial charge in [0.25, 0.3) is 0 Å². The predicted molar refractivity (Wildman–Crippen MR) is 44.0 cm³/mol. The highest BCUT2D eigenvalue weighted by Crippen LogP contribution is 2.16. The molecular formula is C7H14NO2Si. The molecule has 0 fully saturated rings. The van der Waals surface area contributed by atoms with E-state index >= 15 is 0 Å². The number of nitriles is 1. The molecule has 63 valence electrons. The highest BCUT2D eigenvalue weighted by atomic mass is 28.3. The van der Waals surface area contributed by atoms with E-state index in [4.69, 9.17) is 14.1 Å². The van der Waals surface area contributed by atoms with Gasteiger partial charge in [0.2, 0.25) is 0 Å². The summed E-state index contributed by atoms with van der Waals surface area (Å²) < 4.78 is 10.1. The second-order valence-electron chi connectivity index (χ2n) is 2.20. The normalized spacial score (nSPS) is 13.0. The van der Waals surface area contributed by atoms with Gasteiger partial charge in [0, 0.05) is 14.2 Å². The summed E-state index contributed by atoms with van der Waals surface area (Å²) in [6.07, 6.45) is 1.87. The zero-order chi connectivity index (χ0) is 8.69. The lowest BCUT2D eigenvalue weighted by Gasteiger charge is -2.13. The van der Waals surface area contributed by atoms with Crippen LogP contribution in [0, 0.1) is 11.3 Å². The lowest BCUT2D eigenvalue weighted by atomic mass is 10.3. The van der Waals surface area contributed by atoms with Gasteiger partial charge < -0.3 is 8.85 Å². The second-order valence-corrected chi connectivity index (χ2v) is 4.35. The molecule has 0 spiro atoms. The Morgan fingerprint density at radius 1 is 1.45 bits per heavy atom. The van der Waals surface area contributed by atoms with Crippen molar-refractivity contribution in [2.75, 3.05) is 14.2 Å². The monoisotopic (exact) mass is 172 g/mol. The SMILES string of the molecule is CCCC(C#N)[Si](OC)OC. The van der Waals surface area contributed by atoms with Gasteiger partial charge in [0.15, 0.2) is 0 Å². The largest absolute Gasteiger partial charge is 0.402 e. The fraction of sp³-hybridized carbons (Fsp3) is 0.857. The highest BCUT2D eigenvalue weighted by molar-refractivity contribution is 6.47. The van der Waals surface area contributed by atoms with Crippen molar-refractivity contribution in [2.24, 2.45) is 0 Å². The molecule has 0 saturated carbocycles. The van der Waals surface area contributed by atoms with Crippen LogP contribution in [0.15, 0.2) is 0 Å². The fourth-order valence-electron chi connectivity index (χ4n) is 0.892. The van der Waals surface area contributed by atoms with Gasteiger partial charge in [0.05, 0.1) is 11.6 Å². The second kappa shape index (κ2) is 6.34. The van der Waals surface area contributed by atoms with E-state index in [9.17, 15) is 0 Å². The maximum absolute atomic E-state index is 8.71. The van der Waals surface area contributed by atoms with E-state index in [-0.39, 0.29) is 5.54 Å². The molecule has 0 N–H and O–H groups in total. The summed E-state index contributed by atoms with van der Waals surface area (Å²) in [6, 6.07) is 2.20. The summed E-state index contributed by atoms with van der Waals surface area (Å²) in [5, 5.41) is 8.71. The van der Waals surface area contributed by atoms with Crippen LogP contribution in [0.1, 0.15) is 19.8 Å². The first-order chi connectivity index (χ1) is 5.29. The smallest absolute Gasteiger partial charge is 0.396 e. The third-order valence-electron chi connectivity index (χ3n) is 1.42. The number of hydrogen-bond acceptors (Lipinski definition) is 3. The standard InChI is InChI=1S/C7H14NO2Si/c1-4-5-7(6-8)11(9-2)10-3/h7H,4-5H2,1-3H3. The molecule has 0 heterocycles. The van der Waals surface area contributed by atoms with Gasteiger partial charge >= 0.3 is 9.28 Å². The zero-order valence-corrected chi connectivity index (χ0v) is 8.26. The Kier molecular flexibility index (Phi) is 6.13. The molecule has 3 nitrogen and oxygen atoms in total. The van der Waals surface area contributed by atoms with Crippen LogP contribution in [0.5, 0.6) is 0 Å². The molecule has 0 saturated heterocycles. The van der Waals surface area contributed by atoms with Crippen LogP contribution in [0.2, 0.25) is 5.54 Å². The summed E-state index contributed by atoms with van der Waals surface area (Å²) in [7, 11) is 1.85. The third kappa shape index (κ3) is 3.51. The molecule has 0 rings (SSSR count). The van der Waals surface area contributed by atoms with Crippen molar-refractivity contribution >= 4 is 9.28 Å². The Balaban J connectivity index is 3.89. The van der Waals surface area contributed by atoms with E-state index in [1.807, 2.05) is 0 Å². The van der Waals surface area contributed by atoms with Crippen LogP contribution in [0.3, 0.4) is 0 Å². The van der Waals surface area contributed by atoms with Gasteiger partial charge in [-0.3, -0.25) is 0 Å². The third-order valence-corrected chi connectivity index (χ3v) is 3.21. The molecule has 0 aromatic heterocycles. The van der Waals surface area contributed by atoms with E-state index in [1.165, 1.54) is 0 Å². The molecule has 1 atom stereocenters. The van der Waals surface area contributed by atoms with E-state index < -0.39 is 9.28 Å². The summed E-state index contributed by atoms with van der Waals surface area (Å²) in [6.45, 7) is 2.05. The van der Waals surface area contributed by atoms with Crippen molar-refractivity contribution < 1.29 is 8.85 Å². The van der Waals surface area contributed by atoms with Crippen molar-refractivity contribution in [3.8, 4) is 6.07 Å². The Hall–Kier alpha value is -0.373. The lowest BCUT2D eigenvalue weighted by molar-refractivity contribution is 0.269. The maximum Gasteiger partial charge on any atom is 0.402 e. The van der Waals surface area contributed by atoms with Crippen LogP contribution in [-0.2, 0) is 8.85 Å². The number of rotatable bonds is 5. The van der Waals surface area contributed by atoms with E-state index in [2.05, 4.69) is 13.0 Å². The van der Waals surface area contributed by atoms with Gasteiger partial charge in [-0.05, 0) is 6.42 Å². The first kappa shape index (κ1) is 10.6. The minimum Gasteiger partial charge on any atom is -0.396 e. The topological polar surface area (TPSA) is 42.2 Å². The highest BCUT2D eigenvalue weighted by Gasteiger charge is 2.25. The molecule has 4 heteroatoms. The van der Waals surface area contributed by atoms with Crippen LogP contribution in [0.25, 0.3) is 0 Å². The quantitative estimate of drug-likeness (QED) is 0.590. The molecule has 1 unspecified atom stereocenters. The average Bonchev–Trinajstić information content (AvgIpc) is 2.05. The van der Waals surface area contributed by atoms with E-state index in [0.29, 0.717) is 0 Å². The molecule has 1 radical (unpaired) electrons. The zero-order valence-electron chi connectivity index (χ0n) is 7.26. The molecule has 11 heavy (non-hydrogen) atoms. The Bertz CT molecular complexity index is 131. The first-order valence-electron chi connectivity index (χ1n) is 3.64. The molecule has 0 aliphatic rings. The Morgan fingerprint density at radius 3 is 2.27 bits per heavy atom. The van der Waals surface area contributed by atoms with Crippen LogP contribution < -0.4 is 0 Å².